The summed E-state index contributed by atoms with van der Waals surface area (Å²) in [5, 5.41) is 10.1. The fourth-order valence-corrected chi connectivity index (χ4v) is 1.99. The van der Waals surface area contributed by atoms with Crippen LogP contribution in [0.15, 0.2) is 30.6 Å². The Balaban J connectivity index is 2.13. The SMILES string of the molecule is C[C@@H](NC(=O)C(C)(C)c1ccc(Cl)cc1)c1ncn[nH]1. The second-order valence-electron chi connectivity index (χ2n) is 5.20. The Hall–Kier alpha value is -1.88. The molecule has 1 aromatic heterocycles. The third-order valence-corrected chi connectivity index (χ3v) is 3.58. The predicted molar refractivity (Wildman–Crippen MR) is 77.4 cm³/mol. The number of hydrogen-bond donors (Lipinski definition) is 2. The van der Waals surface area contributed by atoms with E-state index in [-0.39, 0.29) is 11.9 Å². The summed E-state index contributed by atoms with van der Waals surface area (Å²) in [6, 6.07) is 7.07. The predicted octanol–water partition coefficient (Wildman–Crippen LogP) is 2.61. The molecule has 0 unspecified atom stereocenters. The van der Waals surface area contributed by atoms with Crippen molar-refractivity contribution in [2.24, 2.45) is 0 Å². The van der Waals surface area contributed by atoms with Crippen LogP contribution >= 0.6 is 11.6 Å². The highest BCUT2D eigenvalue weighted by molar-refractivity contribution is 6.30. The molecule has 1 amide bonds. The number of H-pyrrole nitrogens is 1. The maximum Gasteiger partial charge on any atom is 0.230 e. The average molecular weight is 293 g/mol. The van der Waals surface area contributed by atoms with E-state index in [9.17, 15) is 4.79 Å². The van der Waals surface area contributed by atoms with Crippen LogP contribution in [0.1, 0.15) is 38.2 Å². The Kier molecular flexibility index (Phi) is 4.09. The number of benzene rings is 1. The molecule has 0 aliphatic carbocycles. The molecule has 6 heteroatoms. The minimum Gasteiger partial charge on any atom is -0.346 e. The van der Waals surface area contributed by atoms with Crippen LogP contribution in [0, 0.1) is 0 Å². The summed E-state index contributed by atoms with van der Waals surface area (Å²) in [4.78, 5) is 16.5. The van der Waals surface area contributed by atoms with E-state index in [4.69, 9.17) is 11.6 Å². The molecule has 106 valence electrons. The molecule has 0 aliphatic rings. The number of carbonyl (C=O) groups excluding carboxylic acids is 1. The normalized spacial score (nSPS) is 13.0. The van der Waals surface area contributed by atoms with Gasteiger partial charge in [-0.1, -0.05) is 23.7 Å². The fraction of sp³-hybridized carbons (Fsp3) is 0.357. The van der Waals surface area contributed by atoms with Gasteiger partial charge in [0.2, 0.25) is 5.91 Å². The molecule has 0 bridgehead atoms. The highest BCUT2D eigenvalue weighted by atomic mass is 35.5. The highest BCUT2D eigenvalue weighted by Crippen LogP contribution is 2.25. The Bertz CT molecular complexity index is 578. The van der Waals surface area contributed by atoms with Crippen LogP contribution in [0.5, 0.6) is 0 Å². The molecule has 2 aromatic rings. The van der Waals surface area contributed by atoms with Gasteiger partial charge in [-0.15, -0.1) is 0 Å². The van der Waals surface area contributed by atoms with E-state index in [0.29, 0.717) is 10.8 Å². The van der Waals surface area contributed by atoms with E-state index in [2.05, 4.69) is 20.5 Å². The molecule has 0 spiro atoms. The zero-order valence-corrected chi connectivity index (χ0v) is 12.4. The van der Waals surface area contributed by atoms with Gasteiger partial charge in [0.1, 0.15) is 12.2 Å². The van der Waals surface area contributed by atoms with Gasteiger partial charge in [0, 0.05) is 5.02 Å². The van der Waals surface area contributed by atoms with Crippen LogP contribution in [0.25, 0.3) is 0 Å². The topological polar surface area (TPSA) is 70.7 Å². The Morgan fingerprint density at radius 2 is 2.00 bits per heavy atom. The monoisotopic (exact) mass is 292 g/mol. The van der Waals surface area contributed by atoms with Gasteiger partial charge < -0.3 is 5.32 Å². The molecule has 2 rings (SSSR count). The number of carbonyl (C=O) groups is 1. The van der Waals surface area contributed by atoms with E-state index < -0.39 is 5.41 Å². The maximum atomic E-state index is 12.4. The third-order valence-electron chi connectivity index (χ3n) is 3.32. The van der Waals surface area contributed by atoms with Crippen molar-refractivity contribution < 1.29 is 4.79 Å². The van der Waals surface area contributed by atoms with Crippen molar-refractivity contribution in [3.63, 3.8) is 0 Å². The van der Waals surface area contributed by atoms with E-state index in [1.165, 1.54) is 6.33 Å². The summed E-state index contributed by atoms with van der Waals surface area (Å²) in [7, 11) is 0. The summed E-state index contributed by atoms with van der Waals surface area (Å²) >= 11 is 5.87. The fourth-order valence-electron chi connectivity index (χ4n) is 1.87. The maximum absolute atomic E-state index is 12.4. The average Bonchev–Trinajstić information content (AvgIpc) is 2.93. The first kappa shape index (κ1) is 14.5. The lowest BCUT2D eigenvalue weighted by atomic mass is 9.83. The smallest absolute Gasteiger partial charge is 0.230 e. The number of aromatic amines is 1. The zero-order valence-electron chi connectivity index (χ0n) is 11.6. The summed E-state index contributed by atoms with van der Waals surface area (Å²) in [6.07, 6.45) is 1.42. The lowest BCUT2D eigenvalue weighted by molar-refractivity contribution is -0.126. The third kappa shape index (κ3) is 2.99. The molecule has 1 heterocycles. The van der Waals surface area contributed by atoms with Gasteiger partial charge in [-0.3, -0.25) is 9.89 Å². The second kappa shape index (κ2) is 5.63. The van der Waals surface area contributed by atoms with Gasteiger partial charge in [0.05, 0.1) is 11.5 Å². The molecular formula is C14H17ClN4O. The molecule has 0 aliphatic heterocycles. The molecule has 0 radical (unpaired) electrons. The van der Waals surface area contributed by atoms with Crippen molar-refractivity contribution in [2.75, 3.05) is 0 Å². The van der Waals surface area contributed by atoms with Crippen LogP contribution in [0.2, 0.25) is 5.02 Å². The standard InChI is InChI=1S/C14H17ClN4O/c1-9(12-16-8-17-19-12)18-13(20)14(2,3)10-4-6-11(15)7-5-10/h4-9H,1-3H3,(H,18,20)(H,16,17,19)/t9-/m1/s1. The lowest BCUT2D eigenvalue weighted by Gasteiger charge is -2.26. The van der Waals surface area contributed by atoms with Crippen LogP contribution < -0.4 is 5.32 Å². The van der Waals surface area contributed by atoms with Gasteiger partial charge in [-0.05, 0) is 38.5 Å². The van der Waals surface area contributed by atoms with Crippen LogP contribution in [-0.2, 0) is 10.2 Å². The van der Waals surface area contributed by atoms with Crippen molar-refractivity contribution in [3.8, 4) is 0 Å². The molecule has 1 aromatic carbocycles. The molecule has 0 fully saturated rings. The van der Waals surface area contributed by atoms with E-state index >= 15 is 0 Å². The summed E-state index contributed by atoms with van der Waals surface area (Å²) in [6.45, 7) is 5.60. The number of rotatable bonds is 4. The molecule has 5 nitrogen and oxygen atoms in total. The van der Waals surface area contributed by atoms with Crippen LogP contribution in [-0.4, -0.2) is 21.1 Å². The molecule has 0 saturated carbocycles. The number of halogens is 1. The molecule has 20 heavy (non-hydrogen) atoms. The zero-order chi connectivity index (χ0) is 14.8. The first-order chi connectivity index (χ1) is 9.41. The summed E-state index contributed by atoms with van der Waals surface area (Å²) in [5.74, 6) is 0.550. The van der Waals surface area contributed by atoms with Gasteiger partial charge in [-0.25, -0.2) is 4.98 Å². The Morgan fingerprint density at radius 1 is 1.35 bits per heavy atom. The number of aromatic nitrogens is 3. The van der Waals surface area contributed by atoms with Crippen LogP contribution in [0.3, 0.4) is 0 Å². The lowest BCUT2D eigenvalue weighted by Crippen LogP contribution is -2.41. The second-order valence-corrected chi connectivity index (χ2v) is 5.63. The number of hydrogen-bond acceptors (Lipinski definition) is 3. The molecule has 2 N–H and O–H groups in total. The Labute approximate surface area is 122 Å². The summed E-state index contributed by atoms with van der Waals surface area (Å²) in [5.41, 5.74) is 0.253. The first-order valence-electron chi connectivity index (χ1n) is 6.33. The largest absolute Gasteiger partial charge is 0.346 e. The first-order valence-corrected chi connectivity index (χ1v) is 6.71. The van der Waals surface area contributed by atoms with Gasteiger partial charge >= 0.3 is 0 Å². The summed E-state index contributed by atoms with van der Waals surface area (Å²) < 4.78 is 0. The van der Waals surface area contributed by atoms with E-state index in [1.807, 2.05) is 32.9 Å². The van der Waals surface area contributed by atoms with E-state index in [1.54, 1.807) is 12.1 Å². The van der Waals surface area contributed by atoms with Crippen molar-refractivity contribution in [3.05, 3.63) is 47.0 Å². The molecule has 0 saturated heterocycles. The molecular weight excluding hydrogens is 276 g/mol. The van der Waals surface area contributed by atoms with Gasteiger partial charge in [0.25, 0.3) is 0 Å². The van der Waals surface area contributed by atoms with Crippen molar-refractivity contribution in [1.29, 1.82) is 0 Å². The van der Waals surface area contributed by atoms with Crippen LogP contribution in [0.4, 0.5) is 0 Å². The van der Waals surface area contributed by atoms with Crippen molar-refractivity contribution >= 4 is 17.5 Å². The minimum absolute atomic E-state index is 0.0799. The number of nitrogens with one attached hydrogen (secondary N) is 2. The van der Waals surface area contributed by atoms with Crippen molar-refractivity contribution in [2.45, 2.75) is 32.2 Å². The Morgan fingerprint density at radius 3 is 2.55 bits per heavy atom. The van der Waals surface area contributed by atoms with Gasteiger partial charge in [-0.2, -0.15) is 5.10 Å². The molecule has 1 atom stereocenters. The quantitative estimate of drug-likeness (QED) is 0.910. The highest BCUT2D eigenvalue weighted by Gasteiger charge is 2.31. The van der Waals surface area contributed by atoms with Gasteiger partial charge in [0.15, 0.2) is 0 Å². The van der Waals surface area contributed by atoms with Crippen molar-refractivity contribution in [1.82, 2.24) is 20.5 Å². The van der Waals surface area contributed by atoms with E-state index in [0.717, 1.165) is 5.56 Å². The number of amides is 1. The number of nitrogens with zero attached hydrogens (tertiary/aromatic N) is 2. The minimum atomic E-state index is -0.654.